The molecular formula is C24H25NO5. The van der Waals surface area contributed by atoms with Crippen molar-refractivity contribution in [1.82, 2.24) is 4.98 Å². The fourth-order valence-electron chi connectivity index (χ4n) is 3.76. The van der Waals surface area contributed by atoms with Crippen LogP contribution in [0, 0.1) is 0 Å². The summed E-state index contributed by atoms with van der Waals surface area (Å²) in [6, 6.07) is 17.7. The maximum absolute atomic E-state index is 10.6. The molecule has 1 aromatic heterocycles. The number of hydrogen-bond acceptors (Lipinski definition) is 5. The van der Waals surface area contributed by atoms with Gasteiger partial charge in [0.1, 0.15) is 12.4 Å². The fraction of sp³-hybridized carbons (Fsp3) is 0.250. The molecule has 4 rings (SSSR count). The highest BCUT2D eigenvalue weighted by Gasteiger charge is 2.16. The summed E-state index contributed by atoms with van der Waals surface area (Å²) in [5.74, 6) is 2.39. The SMILES string of the molecule is COc1cc(CC(O)COc2cccc3[nH]c4ccccc4c23)cc(OC)c1OC. The number of ether oxygens (including phenoxy) is 4. The molecule has 6 nitrogen and oxygen atoms in total. The minimum absolute atomic E-state index is 0.162. The lowest BCUT2D eigenvalue weighted by molar-refractivity contribution is 0.108. The van der Waals surface area contributed by atoms with E-state index in [0.717, 1.165) is 33.1 Å². The van der Waals surface area contributed by atoms with E-state index in [9.17, 15) is 5.11 Å². The summed E-state index contributed by atoms with van der Waals surface area (Å²) >= 11 is 0. The topological polar surface area (TPSA) is 72.9 Å². The number of H-pyrrole nitrogens is 1. The highest BCUT2D eigenvalue weighted by Crippen LogP contribution is 2.38. The van der Waals surface area contributed by atoms with E-state index >= 15 is 0 Å². The predicted octanol–water partition coefficient (Wildman–Crippen LogP) is 4.33. The first-order valence-corrected chi connectivity index (χ1v) is 9.73. The Morgan fingerprint density at radius 3 is 2.23 bits per heavy atom. The van der Waals surface area contributed by atoms with Crippen LogP contribution in [0.4, 0.5) is 0 Å². The molecule has 6 heteroatoms. The van der Waals surface area contributed by atoms with Crippen molar-refractivity contribution in [2.45, 2.75) is 12.5 Å². The van der Waals surface area contributed by atoms with Crippen molar-refractivity contribution in [3.05, 3.63) is 60.2 Å². The van der Waals surface area contributed by atoms with Gasteiger partial charge in [0.25, 0.3) is 0 Å². The Balaban J connectivity index is 1.53. The van der Waals surface area contributed by atoms with E-state index in [4.69, 9.17) is 18.9 Å². The average Bonchev–Trinajstić information content (AvgIpc) is 3.16. The standard InChI is InChI=1S/C24H25NO5/c1-27-21-12-15(13-22(28-2)24(21)29-3)11-16(26)14-30-20-10-6-9-19-23(20)17-7-4-5-8-18(17)25-19/h4-10,12-13,16,25-26H,11,14H2,1-3H3. The number of methoxy groups -OCH3 is 3. The number of hydrogen-bond donors (Lipinski definition) is 2. The molecular weight excluding hydrogens is 382 g/mol. The van der Waals surface area contributed by atoms with E-state index in [-0.39, 0.29) is 6.61 Å². The Hall–Kier alpha value is -3.38. The summed E-state index contributed by atoms with van der Waals surface area (Å²) < 4.78 is 22.2. The summed E-state index contributed by atoms with van der Waals surface area (Å²) in [7, 11) is 4.71. The van der Waals surface area contributed by atoms with Crippen LogP contribution in [-0.2, 0) is 6.42 Å². The number of fused-ring (bicyclic) bond motifs is 3. The first-order valence-electron chi connectivity index (χ1n) is 9.73. The molecule has 0 aliphatic rings. The van der Waals surface area contributed by atoms with Gasteiger partial charge in [-0.25, -0.2) is 0 Å². The van der Waals surface area contributed by atoms with Crippen LogP contribution in [0.3, 0.4) is 0 Å². The molecule has 0 fully saturated rings. The maximum atomic E-state index is 10.6. The third-order valence-corrected chi connectivity index (χ3v) is 5.12. The highest BCUT2D eigenvalue weighted by atomic mass is 16.5. The van der Waals surface area contributed by atoms with Gasteiger partial charge >= 0.3 is 0 Å². The number of aliphatic hydroxyl groups is 1. The van der Waals surface area contributed by atoms with Crippen molar-refractivity contribution >= 4 is 21.8 Å². The lowest BCUT2D eigenvalue weighted by Gasteiger charge is -2.17. The van der Waals surface area contributed by atoms with E-state index in [1.807, 2.05) is 48.5 Å². The first-order chi connectivity index (χ1) is 14.6. The third-order valence-electron chi connectivity index (χ3n) is 5.12. The molecule has 1 unspecified atom stereocenters. The van der Waals surface area contributed by atoms with Gasteiger partial charge in [0.15, 0.2) is 11.5 Å². The summed E-state index contributed by atoms with van der Waals surface area (Å²) in [6.45, 7) is 0.162. The van der Waals surface area contributed by atoms with E-state index in [2.05, 4.69) is 11.1 Å². The van der Waals surface area contributed by atoms with Gasteiger partial charge in [-0.3, -0.25) is 0 Å². The zero-order valence-electron chi connectivity index (χ0n) is 17.3. The van der Waals surface area contributed by atoms with Crippen molar-refractivity contribution in [2.75, 3.05) is 27.9 Å². The lowest BCUT2D eigenvalue weighted by Crippen LogP contribution is -2.20. The van der Waals surface area contributed by atoms with Crippen LogP contribution in [0.1, 0.15) is 5.56 Å². The van der Waals surface area contributed by atoms with Crippen molar-refractivity contribution in [3.8, 4) is 23.0 Å². The van der Waals surface area contributed by atoms with Gasteiger partial charge in [0.2, 0.25) is 5.75 Å². The van der Waals surface area contributed by atoms with Crippen LogP contribution in [0.2, 0.25) is 0 Å². The monoisotopic (exact) mass is 407 g/mol. The predicted molar refractivity (Wildman–Crippen MR) is 117 cm³/mol. The van der Waals surface area contributed by atoms with Gasteiger partial charge < -0.3 is 29.0 Å². The minimum Gasteiger partial charge on any atom is -0.493 e. The maximum Gasteiger partial charge on any atom is 0.203 e. The van der Waals surface area contributed by atoms with Crippen LogP contribution < -0.4 is 18.9 Å². The molecule has 0 radical (unpaired) electrons. The van der Waals surface area contributed by atoms with Crippen LogP contribution in [0.25, 0.3) is 21.8 Å². The number of nitrogens with one attached hydrogen (secondary N) is 1. The van der Waals surface area contributed by atoms with E-state index < -0.39 is 6.10 Å². The molecule has 0 saturated heterocycles. The van der Waals surface area contributed by atoms with Crippen molar-refractivity contribution in [1.29, 1.82) is 0 Å². The smallest absolute Gasteiger partial charge is 0.203 e. The quantitative estimate of drug-likeness (QED) is 0.455. The molecule has 0 aliphatic heterocycles. The summed E-state index contributed by atoms with van der Waals surface area (Å²) in [4.78, 5) is 3.40. The van der Waals surface area contributed by atoms with E-state index in [0.29, 0.717) is 23.7 Å². The first kappa shape index (κ1) is 19.9. The second-order valence-electron chi connectivity index (χ2n) is 7.05. The van der Waals surface area contributed by atoms with Crippen LogP contribution >= 0.6 is 0 Å². The van der Waals surface area contributed by atoms with Crippen molar-refractivity contribution in [3.63, 3.8) is 0 Å². The molecule has 0 saturated carbocycles. The molecule has 30 heavy (non-hydrogen) atoms. The van der Waals surface area contributed by atoms with Gasteiger partial charge in [-0.05, 0) is 35.9 Å². The Morgan fingerprint density at radius 1 is 0.833 bits per heavy atom. The van der Waals surface area contributed by atoms with Crippen molar-refractivity contribution in [2.24, 2.45) is 0 Å². The second kappa shape index (κ2) is 8.55. The molecule has 1 heterocycles. The number of rotatable bonds is 8. The third kappa shape index (κ3) is 3.74. The Labute approximate surface area is 174 Å². The minimum atomic E-state index is -0.701. The van der Waals surface area contributed by atoms with Crippen LogP contribution in [0.5, 0.6) is 23.0 Å². The van der Waals surface area contributed by atoms with Gasteiger partial charge in [0.05, 0.1) is 33.0 Å². The Kier molecular flexibility index (Phi) is 5.68. The van der Waals surface area contributed by atoms with Crippen LogP contribution in [-0.4, -0.2) is 44.1 Å². The molecule has 3 aromatic carbocycles. The molecule has 0 aliphatic carbocycles. The number of aromatic nitrogens is 1. The zero-order valence-corrected chi connectivity index (χ0v) is 17.3. The summed E-state index contributed by atoms with van der Waals surface area (Å²) in [6.07, 6.45) is -0.311. The zero-order chi connectivity index (χ0) is 21.1. The van der Waals surface area contributed by atoms with Gasteiger partial charge in [-0.1, -0.05) is 24.3 Å². The largest absolute Gasteiger partial charge is 0.493 e. The van der Waals surface area contributed by atoms with Gasteiger partial charge in [-0.15, -0.1) is 0 Å². The van der Waals surface area contributed by atoms with Crippen LogP contribution in [0.15, 0.2) is 54.6 Å². The molecule has 0 amide bonds. The molecule has 0 spiro atoms. The van der Waals surface area contributed by atoms with Gasteiger partial charge in [0, 0.05) is 22.7 Å². The Bertz CT molecular complexity index is 1140. The Morgan fingerprint density at radius 2 is 1.53 bits per heavy atom. The fourth-order valence-corrected chi connectivity index (χ4v) is 3.76. The summed E-state index contributed by atoms with van der Waals surface area (Å²) in [5.41, 5.74) is 2.93. The second-order valence-corrected chi connectivity index (χ2v) is 7.05. The molecule has 1 atom stereocenters. The molecule has 4 aromatic rings. The number of aliphatic hydroxyl groups excluding tert-OH is 1. The van der Waals surface area contributed by atoms with Gasteiger partial charge in [-0.2, -0.15) is 0 Å². The highest BCUT2D eigenvalue weighted by molar-refractivity contribution is 6.10. The molecule has 0 bridgehead atoms. The van der Waals surface area contributed by atoms with Crippen molar-refractivity contribution < 1.29 is 24.1 Å². The average molecular weight is 407 g/mol. The number of para-hydroxylation sites is 1. The number of benzene rings is 3. The molecule has 2 N–H and O–H groups in total. The van der Waals surface area contributed by atoms with E-state index in [1.54, 1.807) is 21.3 Å². The normalized spacial score (nSPS) is 12.1. The van der Waals surface area contributed by atoms with E-state index in [1.165, 1.54) is 0 Å². The summed E-state index contributed by atoms with van der Waals surface area (Å²) in [5, 5.41) is 12.7. The number of aromatic amines is 1. The lowest BCUT2D eigenvalue weighted by atomic mass is 10.1. The molecule has 156 valence electrons.